The van der Waals surface area contributed by atoms with Crippen molar-refractivity contribution in [1.29, 1.82) is 5.26 Å². The molecule has 1 fully saturated rings. The summed E-state index contributed by atoms with van der Waals surface area (Å²) in [5.41, 5.74) is 2.27. The number of hydrogen-bond donors (Lipinski definition) is 1. The third-order valence-corrected chi connectivity index (χ3v) is 5.51. The lowest BCUT2D eigenvalue weighted by Crippen LogP contribution is -2.50. The van der Waals surface area contributed by atoms with E-state index in [1.807, 2.05) is 27.7 Å². The fourth-order valence-corrected chi connectivity index (χ4v) is 3.62. The van der Waals surface area contributed by atoms with Crippen molar-refractivity contribution in [3.8, 4) is 6.07 Å². The van der Waals surface area contributed by atoms with Crippen LogP contribution in [0.3, 0.4) is 0 Å². The number of carbonyl (C=O) groups excluding carboxylic acids is 1. The molecular weight excluding hydrogens is 308 g/mol. The van der Waals surface area contributed by atoms with E-state index in [4.69, 9.17) is 0 Å². The van der Waals surface area contributed by atoms with Gasteiger partial charge in [0.15, 0.2) is 5.16 Å². The summed E-state index contributed by atoms with van der Waals surface area (Å²) in [7, 11) is 0. The van der Waals surface area contributed by atoms with E-state index in [9.17, 15) is 10.1 Å². The second-order valence-electron chi connectivity index (χ2n) is 6.31. The highest BCUT2D eigenvalue weighted by molar-refractivity contribution is 8.00. The van der Waals surface area contributed by atoms with Crippen molar-refractivity contribution < 1.29 is 4.79 Å². The summed E-state index contributed by atoms with van der Waals surface area (Å²) in [4.78, 5) is 21.4. The highest BCUT2D eigenvalue weighted by Gasteiger charge is 2.35. The van der Waals surface area contributed by atoms with Crippen LogP contribution in [-0.4, -0.2) is 26.7 Å². The van der Waals surface area contributed by atoms with E-state index in [0.717, 1.165) is 49.1 Å². The van der Waals surface area contributed by atoms with Gasteiger partial charge < -0.3 is 5.32 Å². The van der Waals surface area contributed by atoms with Gasteiger partial charge in [0.05, 0.1) is 11.3 Å². The Kier molecular flexibility index (Phi) is 5.64. The molecule has 1 aliphatic carbocycles. The first-order valence-electron chi connectivity index (χ1n) is 8.09. The van der Waals surface area contributed by atoms with Crippen molar-refractivity contribution in [2.75, 3.05) is 0 Å². The molecule has 1 aliphatic rings. The Morgan fingerprint density at radius 2 is 1.78 bits per heavy atom. The molecule has 0 bridgehead atoms. The van der Waals surface area contributed by atoms with Gasteiger partial charge in [-0.25, -0.2) is 9.97 Å². The van der Waals surface area contributed by atoms with Crippen molar-refractivity contribution in [3.05, 3.63) is 17.0 Å². The molecule has 1 aromatic heterocycles. The predicted octanol–water partition coefficient (Wildman–Crippen LogP) is 3.23. The number of hydrogen-bond acceptors (Lipinski definition) is 5. The minimum absolute atomic E-state index is 0.113. The van der Waals surface area contributed by atoms with Gasteiger partial charge in [0.25, 0.3) is 0 Å². The number of thioether (sulfide) groups is 1. The van der Waals surface area contributed by atoms with Gasteiger partial charge in [0.2, 0.25) is 5.91 Å². The van der Waals surface area contributed by atoms with Crippen LogP contribution < -0.4 is 5.32 Å². The van der Waals surface area contributed by atoms with E-state index in [1.54, 1.807) is 0 Å². The molecule has 0 spiro atoms. The molecule has 1 saturated carbocycles. The predicted molar refractivity (Wildman–Crippen MR) is 91.1 cm³/mol. The number of nitrogens with zero attached hydrogens (tertiary/aromatic N) is 3. The second kappa shape index (κ2) is 7.31. The first kappa shape index (κ1) is 17.7. The lowest BCUT2D eigenvalue weighted by molar-refractivity contribution is -0.121. The Morgan fingerprint density at radius 3 is 2.30 bits per heavy atom. The Hall–Kier alpha value is -1.61. The summed E-state index contributed by atoms with van der Waals surface area (Å²) >= 11 is 1.34. The maximum atomic E-state index is 12.5. The topological polar surface area (TPSA) is 78.7 Å². The molecule has 1 amide bonds. The summed E-state index contributed by atoms with van der Waals surface area (Å²) in [6, 6.07) is 2.32. The number of nitriles is 1. The summed E-state index contributed by atoms with van der Waals surface area (Å²) in [6.07, 6.45) is 4.61. The van der Waals surface area contributed by atoms with Gasteiger partial charge in [-0.2, -0.15) is 5.26 Å². The fourth-order valence-electron chi connectivity index (χ4n) is 2.76. The summed E-state index contributed by atoms with van der Waals surface area (Å²) < 4.78 is 0. The van der Waals surface area contributed by atoms with Crippen LogP contribution in [0.15, 0.2) is 5.16 Å². The number of carbonyl (C=O) groups is 1. The zero-order chi connectivity index (χ0) is 17.0. The Bertz CT molecular complexity index is 609. The van der Waals surface area contributed by atoms with Gasteiger partial charge >= 0.3 is 0 Å². The van der Waals surface area contributed by atoms with Crippen LogP contribution in [0.5, 0.6) is 0 Å². The normalized spacial score (nSPS) is 18.0. The molecule has 23 heavy (non-hydrogen) atoms. The molecule has 6 heteroatoms. The largest absolute Gasteiger partial charge is 0.337 e. The minimum Gasteiger partial charge on any atom is -0.337 e. The number of aromatic nitrogens is 2. The maximum Gasteiger partial charge on any atom is 0.234 e. The average Bonchev–Trinajstić information content (AvgIpc) is 2.53. The van der Waals surface area contributed by atoms with Gasteiger partial charge in [0.1, 0.15) is 5.54 Å². The number of rotatable bonds is 4. The van der Waals surface area contributed by atoms with Gasteiger partial charge in [-0.3, -0.25) is 4.79 Å². The highest BCUT2D eigenvalue weighted by Crippen LogP contribution is 2.29. The minimum atomic E-state index is -0.690. The molecular formula is C17H24N4OS. The van der Waals surface area contributed by atoms with Crippen LogP contribution in [0, 0.1) is 32.1 Å². The van der Waals surface area contributed by atoms with Crippen molar-refractivity contribution in [2.45, 2.75) is 75.7 Å². The molecule has 0 unspecified atom stereocenters. The van der Waals surface area contributed by atoms with Crippen molar-refractivity contribution >= 4 is 17.7 Å². The molecule has 0 aliphatic heterocycles. The third-order valence-electron chi connectivity index (χ3n) is 4.55. The zero-order valence-corrected chi connectivity index (χ0v) is 15.1. The first-order valence-corrected chi connectivity index (χ1v) is 8.96. The van der Waals surface area contributed by atoms with Crippen LogP contribution in [0.1, 0.15) is 56.0 Å². The number of nitrogens with one attached hydrogen (secondary N) is 1. The van der Waals surface area contributed by atoms with Gasteiger partial charge in [-0.1, -0.05) is 31.0 Å². The fraction of sp³-hybridized carbons (Fsp3) is 0.647. The van der Waals surface area contributed by atoms with Crippen molar-refractivity contribution in [3.63, 3.8) is 0 Å². The van der Waals surface area contributed by atoms with E-state index >= 15 is 0 Å². The average molecular weight is 332 g/mol. The third kappa shape index (κ3) is 4.23. The molecule has 1 aromatic rings. The molecule has 1 N–H and O–H groups in total. The molecule has 0 radical (unpaired) electrons. The van der Waals surface area contributed by atoms with Crippen LogP contribution >= 0.6 is 11.8 Å². The molecule has 5 nitrogen and oxygen atoms in total. The van der Waals surface area contributed by atoms with E-state index in [0.29, 0.717) is 5.16 Å². The lowest BCUT2D eigenvalue weighted by atomic mass is 9.83. The van der Waals surface area contributed by atoms with Crippen molar-refractivity contribution in [2.24, 2.45) is 0 Å². The molecule has 0 saturated heterocycles. The SMILES string of the molecule is Cc1nc(S[C@@H](C)C(=O)NC2(C#N)CCCCC2)nc(C)c1C. The van der Waals surface area contributed by atoms with Crippen LogP contribution in [0.2, 0.25) is 0 Å². The van der Waals surface area contributed by atoms with Crippen LogP contribution in [0.25, 0.3) is 0 Å². The molecule has 1 heterocycles. The van der Waals surface area contributed by atoms with Gasteiger partial charge in [-0.05, 0) is 46.1 Å². The second-order valence-corrected chi connectivity index (χ2v) is 7.61. The van der Waals surface area contributed by atoms with Crippen molar-refractivity contribution in [1.82, 2.24) is 15.3 Å². The summed E-state index contributed by atoms with van der Waals surface area (Å²) in [5.74, 6) is -0.113. The molecule has 124 valence electrons. The molecule has 0 aromatic carbocycles. The highest BCUT2D eigenvalue weighted by atomic mass is 32.2. The number of amides is 1. The first-order chi connectivity index (χ1) is 10.9. The van der Waals surface area contributed by atoms with Crippen LogP contribution in [-0.2, 0) is 4.79 Å². The lowest BCUT2D eigenvalue weighted by Gasteiger charge is -2.32. The summed E-state index contributed by atoms with van der Waals surface area (Å²) in [6.45, 7) is 7.73. The standard InChI is InChI=1S/C17H24N4OS/c1-11-12(2)19-16(20-13(11)3)23-14(4)15(22)21-17(10-18)8-6-5-7-9-17/h14H,5-9H2,1-4H3,(H,21,22)/t14-/m0/s1. The smallest absolute Gasteiger partial charge is 0.234 e. The van der Waals surface area contributed by atoms with Gasteiger partial charge in [0, 0.05) is 11.4 Å². The number of aryl methyl sites for hydroxylation is 2. The monoisotopic (exact) mass is 332 g/mol. The molecule has 2 rings (SSSR count). The Labute approximate surface area is 142 Å². The zero-order valence-electron chi connectivity index (χ0n) is 14.3. The quantitative estimate of drug-likeness (QED) is 0.676. The van der Waals surface area contributed by atoms with E-state index in [-0.39, 0.29) is 11.2 Å². The van der Waals surface area contributed by atoms with E-state index in [2.05, 4.69) is 21.4 Å². The van der Waals surface area contributed by atoms with E-state index < -0.39 is 5.54 Å². The molecule has 1 atom stereocenters. The van der Waals surface area contributed by atoms with Crippen LogP contribution in [0.4, 0.5) is 0 Å². The summed E-state index contributed by atoms with van der Waals surface area (Å²) in [5, 5.41) is 12.7. The Morgan fingerprint density at radius 1 is 1.22 bits per heavy atom. The maximum absolute atomic E-state index is 12.5. The van der Waals surface area contributed by atoms with E-state index in [1.165, 1.54) is 11.8 Å². The van der Waals surface area contributed by atoms with Gasteiger partial charge in [-0.15, -0.1) is 0 Å². The Balaban J connectivity index is 2.04.